The second-order valence-electron chi connectivity index (χ2n) is 9.53. The lowest BCUT2D eigenvalue weighted by molar-refractivity contribution is 0.100. The average molecular weight is 600 g/mol. The second kappa shape index (κ2) is 10.9. The van der Waals surface area contributed by atoms with Crippen molar-refractivity contribution in [2.75, 3.05) is 5.32 Å². The lowest BCUT2D eigenvalue weighted by atomic mass is 10.0. The molecule has 0 aliphatic carbocycles. The van der Waals surface area contributed by atoms with E-state index in [1.54, 1.807) is 11.6 Å². The Morgan fingerprint density at radius 2 is 1.64 bits per heavy atom. The normalized spacial score (nSPS) is 11.4. The molecule has 6 rings (SSSR count). The van der Waals surface area contributed by atoms with Crippen LogP contribution in [0.3, 0.4) is 0 Å². The fraction of sp³-hybridized carbons (Fsp3) is 0.0968. The number of nitrogens with one attached hydrogen (secondary N) is 1. The molecule has 3 N–H and O–H groups in total. The number of fused-ring (bicyclic) bond motifs is 1. The number of anilines is 1. The number of thiophene rings is 2. The van der Waals surface area contributed by atoms with Crippen molar-refractivity contribution in [3.05, 3.63) is 106 Å². The number of aryl methyl sites for hydroxylation is 1. The van der Waals surface area contributed by atoms with Crippen molar-refractivity contribution in [1.29, 1.82) is 0 Å². The molecule has 2 aromatic carbocycles. The Balaban J connectivity index is 1.56. The number of nitrogens with two attached hydrogens (primary N) is 1. The predicted molar refractivity (Wildman–Crippen MR) is 163 cm³/mol. The molecule has 11 heteroatoms. The summed E-state index contributed by atoms with van der Waals surface area (Å²) in [5, 5.41) is 8.08. The highest BCUT2D eigenvalue weighted by Gasteiger charge is 2.29. The molecule has 0 unspecified atom stereocenters. The van der Waals surface area contributed by atoms with Crippen molar-refractivity contribution in [1.82, 2.24) is 14.8 Å². The summed E-state index contributed by atoms with van der Waals surface area (Å²) >= 11 is 2.28. The summed E-state index contributed by atoms with van der Waals surface area (Å²) in [6.07, 6.45) is -2.83. The number of pyridine rings is 1. The molecule has 2 amide bonds. The van der Waals surface area contributed by atoms with Gasteiger partial charge in [-0.1, -0.05) is 48.5 Å². The molecule has 4 aromatic heterocycles. The Morgan fingerprint density at radius 1 is 0.952 bits per heavy atom. The zero-order chi connectivity index (χ0) is 29.5. The van der Waals surface area contributed by atoms with Crippen molar-refractivity contribution >= 4 is 50.4 Å². The van der Waals surface area contributed by atoms with Crippen LogP contribution in [0, 0.1) is 13.8 Å². The number of nitrogens with zero attached hydrogens (tertiary/aromatic N) is 3. The SMILES string of the molecule is Cc1ccc(-c2cc(C(F)F)nc3sc(C(N)=O)c(NC(=O)c4c(-c5ccccc5)nn(-c5ccccc5)c4C)c23)s1. The zero-order valence-electron chi connectivity index (χ0n) is 22.4. The number of hydrogen-bond donors (Lipinski definition) is 2. The molecule has 0 fully saturated rings. The van der Waals surface area contributed by atoms with Gasteiger partial charge in [-0.2, -0.15) is 5.10 Å². The monoisotopic (exact) mass is 599 g/mol. The molecule has 0 spiro atoms. The Morgan fingerprint density at radius 3 is 2.26 bits per heavy atom. The number of alkyl halides is 2. The number of aromatic nitrogens is 3. The molecular formula is C31H23F2N5O2S2. The summed E-state index contributed by atoms with van der Waals surface area (Å²) < 4.78 is 29.4. The van der Waals surface area contributed by atoms with Gasteiger partial charge in [0, 0.05) is 26.3 Å². The minimum absolute atomic E-state index is 0.0150. The summed E-state index contributed by atoms with van der Waals surface area (Å²) in [6.45, 7) is 3.70. The molecule has 0 aliphatic rings. The van der Waals surface area contributed by atoms with Crippen molar-refractivity contribution in [3.8, 4) is 27.4 Å². The molecule has 0 aliphatic heterocycles. The number of carbonyl (C=O) groups excluding carboxylic acids is 2. The number of halogens is 2. The minimum atomic E-state index is -2.83. The van der Waals surface area contributed by atoms with E-state index in [-0.39, 0.29) is 15.4 Å². The number of hydrogen-bond acceptors (Lipinski definition) is 6. The highest BCUT2D eigenvalue weighted by Crippen LogP contribution is 2.44. The molecule has 0 atom stereocenters. The van der Waals surface area contributed by atoms with Gasteiger partial charge in [0.25, 0.3) is 18.2 Å². The quantitative estimate of drug-likeness (QED) is 0.196. The maximum Gasteiger partial charge on any atom is 0.280 e. The first-order valence-corrected chi connectivity index (χ1v) is 14.5. The highest BCUT2D eigenvalue weighted by atomic mass is 32.1. The first-order chi connectivity index (χ1) is 20.2. The highest BCUT2D eigenvalue weighted by molar-refractivity contribution is 7.21. The predicted octanol–water partition coefficient (Wildman–Crippen LogP) is 7.78. The van der Waals surface area contributed by atoms with Gasteiger partial charge in [-0.3, -0.25) is 9.59 Å². The van der Waals surface area contributed by atoms with Gasteiger partial charge in [0.05, 0.1) is 22.6 Å². The molecule has 42 heavy (non-hydrogen) atoms. The first kappa shape index (κ1) is 27.4. The molecule has 6 aromatic rings. The van der Waals surface area contributed by atoms with E-state index in [1.807, 2.05) is 79.7 Å². The van der Waals surface area contributed by atoms with E-state index in [0.29, 0.717) is 32.8 Å². The van der Waals surface area contributed by atoms with E-state index in [1.165, 1.54) is 17.4 Å². The van der Waals surface area contributed by atoms with E-state index in [9.17, 15) is 18.4 Å². The third-order valence-electron chi connectivity index (χ3n) is 6.76. The first-order valence-electron chi connectivity index (χ1n) is 12.9. The van der Waals surface area contributed by atoms with Crippen LogP contribution < -0.4 is 11.1 Å². The van der Waals surface area contributed by atoms with Gasteiger partial charge in [-0.05, 0) is 44.2 Å². The minimum Gasteiger partial charge on any atom is -0.365 e. The van der Waals surface area contributed by atoms with Crippen LogP contribution in [0.25, 0.3) is 37.6 Å². The van der Waals surface area contributed by atoms with Crippen molar-refractivity contribution in [2.24, 2.45) is 5.73 Å². The Hall–Kier alpha value is -4.74. The fourth-order valence-electron chi connectivity index (χ4n) is 4.86. The molecule has 0 bridgehead atoms. The van der Waals surface area contributed by atoms with Crippen molar-refractivity contribution in [2.45, 2.75) is 20.3 Å². The molecule has 7 nitrogen and oxygen atoms in total. The van der Waals surface area contributed by atoms with Crippen LogP contribution in [-0.4, -0.2) is 26.6 Å². The molecule has 4 heterocycles. The van der Waals surface area contributed by atoms with E-state index in [0.717, 1.165) is 27.5 Å². The molecule has 0 saturated heterocycles. The average Bonchev–Trinajstić information content (AvgIpc) is 3.68. The Bertz CT molecular complexity index is 1960. The van der Waals surface area contributed by atoms with E-state index >= 15 is 0 Å². The fourth-order valence-corrected chi connectivity index (χ4v) is 6.77. The molecule has 0 radical (unpaired) electrons. The maximum absolute atomic E-state index is 14.2. The van der Waals surface area contributed by atoms with Gasteiger partial charge in [0.15, 0.2) is 0 Å². The van der Waals surface area contributed by atoms with Crippen LogP contribution in [0.4, 0.5) is 14.5 Å². The third kappa shape index (κ3) is 4.86. The van der Waals surface area contributed by atoms with Gasteiger partial charge in [-0.15, -0.1) is 22.7 Å². The maximum atomic E-state index is 14.2. The summed E-state index contributed by atoms with van der Waals surface area (Å²) in [5.41, 5.74) is 8.70. The van der Waals surface area contributed by atoms with Gasteiger partial charge < -0.3 is 11.1 Å². The van der Waals surface area contributed by atoms with Gasteiger partial charge >= 0.3 is 0 Å². The smallest absolute Gasteiger partial charge is 0.280 e. The lowest BCUT2D eigenvalue weighted by Gasteiger charge is -2.11. The zero-order valence-corrected chi connectivity index (χ0v) is 24.0. The third-order valence-corrected chi connectivity index (χ3v) is 8.90. The van der Waals surface area contributed by atoms with E-state index in [4.69, 9.17) is 10.8 Å². The van der Waals surface area contributed by atoms with Gasteiger partial charge in [0.2, 0.25) is 0 Å². The van der Waals surface area contributed by atoms with Crippen LogP contribution >= 0.6 is 22.7 Å². The number of primary amides is 1. The summed E-state index contributed by atoms with van der Waals surface area (Å²) in [4.78, 5) is 32.8. The van der Waals surface area contributed by atoms with Crippen LogP contribution in [-0.2, 0) is 0 Å². The number of benzene rings is 2. The number of carbonyl (C=O) groups is 2. The van der Waals surface area contributed by atoms with Crippen LogP contribution in [0.15, 0.2) is 78.9 Å². The summed E-state index contributed by atoms with van der Waals surface area (Å²) in [5.74, 6) is -1.33. The topological polar surface area (TPSA) is 103 Å². The lowest BCUT2D eigenvalue weighted by Crippen LogP contribution is -2.18. The molecule has 210 valence electrons. The van der Waals surface area contributed by atoms with E-state index in [2.05, 4.69) is 10.3 Å². The number of rotatable bonds is 7. The molecular weight excluding hydrogens is 577 g/mol. The van der Waals surface area contributed by atoms with Gasteiger partial charge in [-0.25, -0.2) is 18.4 Å². The Kier molecular flexibility index (Phi) is 7.13. The van der Waals surface area contributed by atoms with Crippen LogP contribution in [0.2, 0.25) is 0 Å². The summed E-state index contributed by atoms with van der Waals surface area (Å²) in [6, 6.07) is 23.7. The number of amides is 2. The standard InChI is InChI=1S/C31H23F2N5O2S2/c1-16-13-14-22(41-16)20-15-21(28(32)33)35-31-24(20)26(27(42-31)29(34)39)36-30(40)23-17(2)38(19-11-7-4-8-12-19)37-25(23)18-9-5-3-6-10-18/h3-15,28H,1-2H3,(H2,34,39)(H,36,40). The molecule has 0 saturated carbocycles. The largest absolute Gasteiger partial charge is 0.365 e. The van der Waals surface area contributed by atoms with Crippen molar-refractivity contribution in [3.63, 3.8) is 0 Å². The Labute approximate surface area is 247 Å². The van der Waals surface area contributed by atoms with Crippen LogP contribution in [0.1, 0.15) is 42.7 Å². The second-order valence-corrected chi connectivity index (χ2v) is 11.8. The van der Waals surface area contributed by atoms with Gasteiger partial charge in [0.1, 0.15) is 21.1 Å². The number of para-hydroxylation sites is 1. The van der Waals surface area contributed by atoms with Crippen molar-refractivity contribution < 1.29 is 18.4 Å². The summed E-state index contributed by atoms with van der Waals surface area (Å²) in [7, 11) is 0. The van der Waals surface area contributed by atoms with E-state index < -0.39 is 23.9 Å². The van der Waals surface area contributed by atoms with Crippen LogP contribution in [0.5, 0.6) is 0 Å².